The summed E-state index contributed by atoms with van der Waals surface area (Å²) in [5.74, 6) is 1.49. The first-order valence-electron chi connectivity index (χ1n) is 8.31. The molecule has 8 heteroatoms. The molecule has 136 valence electrons. The van der Waals surface area contributed by atoms with Crippen molar-refractivity contribution in [1.29, 1.82) is 0 Å². The van der Waals surface area contributed by atoms with Crippen LogP contribution in [0.5, 0.6) is 0 Å². The van der Waals surface area contributed by atoms with Crippen LogP contribution >= 0.6 is 34.3 Å². The smallest absolute Gasteiger partial charge is 0.211 e. The lowest BCUT2D eigenvalue weighted by molar-refractivity contribution is 0.962. The standard InChI is InChI=1S/C19H16ClN5S2/c1-11-15(10-13-5-7-14(20)8-6-13)17(22-12(2)21-11)23-19-25-24-18(27-19)16-4-3-9-26-16/h3-9H,10H2,1-2H3,(H,21,22,23,25). The molecule has 0 aliphatic heterocycles. The van der Waals surface area contributed by atoms with Gasteiger partial charge in [0.05, 0.1) is 4.88 Å². The van der Waals surface area contributed by atoms with E-state index in [2.05, 4.69) is 25.5 Å². The molecule has 1 aromatic carbocycles. The maximum Gasteiger partial charge on any atom is 0.211 e. The van der Waals surface area contributed by atoms with Crippen LogP contribution in [-0.4, -0.2) is 20.2 Å². The van der Waals surface area contributed by atoms with Gasteiger partial charge in [-0.1, -0.05) is 41.1 Å². The van der Waals surface area contributed by atoms with Crippen molar-refractivity contribution in [2.45, 2.75) is 20.3 Å². The minimum absolute atomic E-state index is 0.711. The number of nitrogens with zero attached hydrogens (tertiary/aromatic N) is 4. The van der Waals surface area contributed by atoms with Crippen molar-refractivity contribution < 1.29 is 0 Å². The van der Waals surface area contributed by atoms with Crippen LogP contribution in [0, 0.1) is 13.8 Å². The molecule has 0 radical (unpaired) electrons. The summed E-state index contributed by atoms with van der Waals surface area (Å²) in [5.41, 5.74) is 3.13. The summed E-state index contributed by atoms with van der Waals surface area (Å²) in [6.45, 7) is 3.89. The van der Waals surface area contributed by atoms with Gasteiger partial charge in [-0.05, 0) is 43.0 Å². The average Bonchev–Trinajstić information content (AvgIpc) is 3.31. The highest BCUT2D eigenvalue weighted by Crippen LogP contribution is 2.32. The zero-order valence-electron chi connectivity index (χ0n) is 14.7. The zero-order chi connectivity index (χ0) is 18.8. The predicted octanol–water partition coefficient (Wildman–Crippen LogP) is 5.66. The summed E-state index contributed by atoms with van der Waals surface area (Å²) in [6, 6.07) is 11.9. The van der Waals surface area contributed by atoms with Gasteiger partial charge >= 0.3 is 0 Å². The maximum atomic E-state index is 6.00. The second-order valence-electron chi connectivity index (χ2n) is 6.00. The summed E-state index contributed by atoms with van der Waals surface area (Å²) in [7, 11) is 0. The van der Waals surface area contributed by atoms with Crippen molar-refractivity contribution in [2.24, 2.45) is 0 Å². The molecule has 4 rings (SSSR count). The second kappa shape index (κ2) is 7.72. The Hall–Kier alpha value is -2.35. The van der Waals surface area contributed by atoms with Gasteiger partial charge in [-0.2, -0.15) is 0 Å². The summed E-state index contributed by atoms with van der Waals surface area (Å²) in [6.07, 6.45) is 0.711. The quantitative estimate of drug-likeness (QED) is 0.457. The van der Waals surface area contributed by atoms with Crippen molar-refractivity contribution >= 4 is 45.2 Å². The largest absolute Gasteiger partial charge is 0.314 e. The normalized spacial score (nSPS) is 10.9. The van der Waals surface area contributed by atoms with Crippen LogP contribution in [0.25, 0.3) is 9.88 Å². The molecule has 1 N–H and O–H groups in total. The summed E-state index contributed by atoms with van der Waals surface area (Å²) in [5, 5.41) is 16.3. The summed E-state index contributed by atoms with van der Waals surface area (Å²) >= 11 is 9.16. The third-order valence-corrected chi connectivity index (χ3v) is 6.13. The van der Waals surface area contributed by atoms with Crippen molar-refractivity contribution in [3.63, 3.8) is 0 Å². The zero-order valence-corrected chi connectivity index (χ0v) is 17.1. The van der Waals surface area contributed by atoms with Crippen LogP contribution in [-0.2, 0) is 6.42 Å². The Kier molecular flexibility index (Phi) is 5.15. The van der Waals surface area contributed by atoms with E-state index < -0.39 is 0 Å². The van der Waals surface area contributed by atoms with Crippen molar-refractivity contribution in [3.05, 3.63) is 69.4 Å². The molecule has 0 saturated carbocycles. The van der Waals surface area contributed by atoms with Gasteiger partial charge in [0.2, 0.25) is 5.13 Å². The number of anilines is 2. The Labute approximate surface area is 170 Å². The summed E-state index contributed by atoms with van der Waals surface area (Å²) in [4.78, 5) is 10.2. The van der Waals surface area contributed by atoms with E-state index in [1.807, 2.05) is 55.6 Å². The highest BCUT2D eigenvalue weighted by molar-refractivity contribution is 7.22. The number of hydrogen-bond acceptors (Lipinski definition) is 7. The Morgan fingerprint density at radius 2 is 1.85 bits per heavy atom. The van der Waals surface area contributed by atoms with Crippen LogP contribution in [0.15, 0.2) is 41.8 Å². The molecule has 4 aromatic rings. The minimum Gasteiger partial charge on any atom is -0.314 e. The van der Waals surface area contributed by atoms with Crippen molar-refractivity contribution in [1.82, 2.24) is 20.2 Å². The molecule has 0 unspecified atom stereocenters. The third kappa shape index (κ3) is 4.16. The van der Waals surface area contributed by atoms with E-state index in [1.165, 1.54) is 11.3 Å². The van der Waals surface area contributed by atoms with Gasteiger partial charge < -0.3 is 5.32 Å². The van der Waals surface area contributed by atoms with Gasteiger partial charge in [-0.3, -0.25) is 0 Å². The fourth-order valence-electron chi connectivity index (χ4n) is 2.73. The molecular formula is C19H16ClN5S2. The topological polar surface area (TPSA) is 63.6 Å². The fourth-order valence-corrected chi connectivity index (χ4v) is 4.39. The number of benzene rings is 1. The van der Waals surface area contributed by atoms with Gasteiger partial charge in [0.15, 0.2) is 5.01 Å². The Bertz CT molecular complexity index is 1060. The molecule has 3 aromatic heterocycles. The van der Waals surface area contributed by atoms with E-state index >= 15 is 0 Å². The van der Waals surface area contributed by atoms with Gasteiger partial charge in [-0.15, -0.1) is 21.5 Å². The molecule has 0 spiro atoms. The lowest BCUT2D eigenvalue weighted by Crippen LogP contribution is -2.06. The number of nitrogens with one attached hydrogen (secondary N) is 1. The number of aromatic nitrogens is 4. The first-order valence-corrected chi connectivity index (χ1v) is 10.4. The van der Waals surface area contributed by atoms with Crippen LogP contribution in [0.3, 0.4) is 0 Å². The molecule has 0 bridgehead atoms. The number of thiophene rings is 1. The van der Waals surface area contributed by atoms with E-state index in [0.717, 1.165) is 43.4 Å². The molecule has 0 aliphatic carbocycles. The van der Waals surface area contributed by atoms with E-state index in [4.69, 9.17) is 11.6 Å². The second-order valence-corrected chi connectivity index (χ2v) is 8.36. The van der Waals surface area contributed by atoms with E-state index in [-0.39, 0.29) is 0 Å². The average molecular weight is 414 g/mol. The number of rotatable bonds is 5. The number of aryl methyl sites for hydroxylation is 2. The molecule has 3 heterocycles. The van der Waals surface area contributed by atoms with Crippen LogP contribution in [0.1, 0.15) is 22.6 Å². The lowest BCUT2D eigenvalue weighted by Gasteiger charge is -2.12. The van der Waals surface area contributed by atoms with Gasteiger partial charge in [-0.25, -0.2) is 9.97 Å². The molecule has 0 saturated heterocycles. The van der Waals surface area contributed by atoms with Crippen LogP contribution in [0.2, 0.25) is 5.02 Å². The van der Waals surface area contributed by atoms with Gasteiger partial charge in [0, 0.05) is 22.7 Å². The maximum absolute atomic E-state index is 6.00. The monoisotopic (exact) mass is 413 g/mol. The molecule has 5 nitrogen and oxygen atoms in total. The van der Waals surface area contributed by atoms with Crippen molar-refractivity contribution in [3.8, 4) is 9.88 Å². The Morgan fingerprint density at radius 1 is 1.04 bits per heavy atom. The van der Waals surface area contributed by atoms with Crippen molar-refractivity contribution in [2.75, 3.05) is 5.32 Å². The third-order valence-electron chi connectivity index (χ3n) is 4.00. The molecule has 0 atom stereocenters. The van der Waals surface area contributed by atoms with Gasteiger partial charge in [0.1, 0.15) is 11.6 Å². The first kappa shape index (κ1) is 18.0. The van der Waals surface area contributed by atoms with E-state index in [1.54, 1.807) is 11.3 Å². The lowest BCUT2D eigenvalue weighted by atomic mass is 10.0. The highest BCUT2D eigenvalue weighted by Gasteiger charge is 2.14. The Balaban J connectivity index is 1.64. The SMILES string of the molecule is Cc1nc(C)c(Cc2ccc(Cl)cc2)c(Nc2nnc(-c3cccs3)s2)n1. The predicted molar refractivity (Wildman–Crippen MR) is 112 cm³/mol. The van der Waals surface area contributed by atoms with E-state index in [0.29, 0.717) is 11.6 Å². The summed E-state index contributed by atoms with van der Waals surface area (Å²) < 4.78 is 0. The van der Waals surface area contributed by atoms with E-state index in [9.17, 15) is 0 Å². The Morgan fingerprint density at radius 3 is 2.59 bits per heavy atom. The molecule has 0 amide bonds. The van der Waals surface area contributed by atoms with Crippen LogP contribution in [0.4, 0.5) is 10.9 Å². The number of hydrogen-bond donors (Lipinski definition) is 1. The number of halogens is 1. The van der Waals surface area contributed by atoms with Gasteiger partial charge in [0.25, 0.3) is 0 Å². The molecule has 0 aliphatic rings. The fraction of sp³-hybridized carbons (Fsp3) is 0.158. The van der Waals surface area contributed by atoms with Crippen LogP contribution < -0.4 is 5.32 Å². The molecule has 0 fully saturated rings. The minimum atomic E-state index is 0.711. The molecular weight excluding hydrogens is 398 g/mol. The highest BCUT2D eigenvalue weighted by atomic mass is 35.5. The molecule has 27 heavy (non-hydrogen) atoms. The first-order chi connectivity index (χ1) is 13.1.